The Balaban J connectivity index is 0.00000103. The Morgan fingerprint density at radius 1 is 1.07 bits per heavy atom. The fourth-order valence-corrected chi connectivity index (χ4v) is 3.73. The number of aliphatic carboxylic acids is 2. The van der Waals surface area contributed by atoms with Crippen molar-refractivity contribution in [1.29, 1.82) is 0 Å². The first-order valence-corrected chi connectivity index (χ1v) is 11.0. The molecule has 30 heavy (non-hydrogen) atoms. The lowest BCUT2D eigenvalue weighted by Crippen LogP contribution is -2.26. The fourth-order valence-electron chi connectivity index (χ4n) is 3.73. The van der Waals surface area contributed by atoms with E-state index >= 15 is 0 Å². The number of carboxylic acid groups (broad SMARTS) is 2. The molecule has 0 aromatic heterocycles. The molecule has 0 spiro atoms. The van der Waals surface area contributed by atoms with Gasteiger partial charge in [-0.15, -0.1) is 0 Å². The summed E-state index contributed by atoms with van der Waals surface area (Å²) in [6, 6.07) is 0. The molecular weight excluding hydrogens is 384 g/mol. The van der Waals surface area contributed by atoms with Gasteiger partial charge >= 0.3 is 5.97 Å². The molecule has 1 aromatic rings. The van der Waals surface area contributed by atoms with Crippen LogP contribution in [0.25, 0.3) is 0 Å². The maximum Gasteiger partial charge on any atom is 0.344 e. The second-order valence-corrected chi connectivity index (χ2v) is 8.11. The highest BCUT2D eigenvalue weighted by atomic mass is 16.5. The molecule has 0 fully saturated rings. The van der Waals surface area contributed by atoms with Crippen molar-refractivity contribution >= 4 is 11.9 Å². The minimum absolute atomic E-state index is 0.298. The molecule has 6 nitrogen and oxygen atoms in total. The van der Waals surface area contributed by atoms with Gasteiger partial charge in [-0.05, 0) is 70.1 Å². The third-order valence-corrected chi connectivity index (χ3v) is 5.58. The van der Waals surface area contributed by atoms with E-state index in [1.807, 2.05) is 13.8 Å². The average molecular weight is 423 g/mol. The number of fused-ring (bicyclic) bond motifs is 1. The van der Waals surface area contributed by atoms with Gasteiger partial charge < -0.3 is 19.7 Å². The number of unbranched alkanes of at least 4 members (excludes halogenated alkanes) is 4. The van der Waals surface area contributed by atoms with Gasteiger partial charge in [0, 0.05) is 12.5 Å². The summed E-state index contributed by atoms with van der Waals surface area (Å²) in [5.74, 6) is -0.0727. The van der Waals surface area contributed by atoms with Gasteiger partial charge in [-0.25, -0.2) is 4.79 Å². The predicted molar refractivity (Wildman–Crippen MR) is 118 cm³/mol. The normalized spacial score (nSPS) is 15.9. The van der Waals surface area contributed by atoms with E-state index in [0.29, 0.717) is 11.9 Å². The Kier molecular flexibility index (Phi) is 10.7. The lowest BCUT2D eigenvalue weighted by molar-refractivity contribution is -0.144. The van der Waals surface area contributed by atoms with Crippen LogP contribution in [0.3, 0.4) is 0 Å². The molecule has 0 aliphatic carbocycles. The van der Waals surface area contributed by atoms with Crippen LogP contribution in [0.4, 0.5) is 0 Å². The highest BCUT2D eigenvalue weighted by molar-refractivity contribution is 5.72. The monoisotopic (exact) mass is 422 g/mol. The van der Waals surface area contributed by atoms with Crippen LogP contribution in [0.2, 0.25) is 0 Å². The van der Waals surface area contributed by atoms with E-state index in [9.17, 15) is 4.79 Å². The van der Waals surface area contributed by atoms with E-state index in [4.69, 9.17) is 24.5 Å². The zero-order valence-electron chi connectivity index (χ0n) is 19.3. The smallest absolute Gasteiger partial charge is 0.344 e. The Morgan fingerprint density at radius 2 is 1.67 bits per heavy atom. The summed E-state index contributed by atoms with van der Waals surface area (Å²) in [4.78, 5) is 20.2. The molecule has 170 valence electrons. The molecule has 0 amide bonds. The maximum absolute atomic E-state index is 11.2. The molecule has 0 saturated carbocycles. The first-order chi connectivity index (χ1) is 14.1. The second kappa shape index (κ2) is 12.5. The van der Waals surface area contributed by atoms with E-state index in [0.717, 1.165) is 48.6 Å². The largest absolute Gasteiger partial charge is 0.490 e. The Hall–Kier alpha value is -2.24. The molecule has 1 aliphatic rings. The number of ether oxygens (including phenoxy) is 2. The Bertz CT molecular complexity index is 721. The van der Waals surface area contributed by atoms with Crippen molar-refractivity contribution in [1.82, 2.24) is 0 Å². The molecule has 2 atom stereocenters. The molecule has 1 aromatic carbocycles. The van der Waals surface area contributed by atoms with Gasteiger partial charge in [0.05, 0.1) is 6.10 Å². The van der Waals surface area contributed by atoms with Crippen LogP contribution in [0, 0.1) is 20.8 Å². The van der Waals surface area contributed by atoms with Crippen LogP contribution >= 0.6 is 0 Å². The summed E-state index contributed by atoms with van der Waals surface area (Å²) in [6.07, 6.45) is 8.99. The summed E-state index contributed by atoms with van der Waals surface area (Å²) < 4.78 is 12.1. The molecule has 6 heteroatoms. The number of hydrogen-bond donors (Lipinski definition) is 2. The van der Waals surface area contributed by atoms with Crippen molar-refractivity contribution in [2.75, 3.05) is 0 Å². The Labute approximate surface area is 180 Å². The quantitative estimate of drug-likeness (QED) is 0.503. The van der Waals surface area contributed by atoms with Crippen LogP contribution in [-0.2, 0) is 16.0 Å². The van der Waals surface area contributed by atoms with Crippen molar-refractivity contribution in [3.63, 3.8) is 0 Å². The maximum atomic E-state index is 11.2. The third kappa shape index (κ3) is 7.54. The molecule has 2 N–H and O–H groups in total. The molecule has 0 radical (unpaired) electrons. The van der Waals surface area contributed by atoms with Crippen molar-refractivity contribution in [2.45, 2.75) is 105 Å². The molecule has 1 unspecified atom stereocenters. The highest BCUT2D eigenvalue weighted by Gasteiger charge is 2.27. The lowest BCUT2D eigenvalue weighted by atomic mass is 9.90. The number of hydrogen-bond acceptors (Lipinski definition) is 4. The van der Waals surface area contributed by atoms with Gasteiger partial charge in [0.15, 0.2) is 6.10 Å². The van der Waals surface area contributed by atoms with E-state index in [1.54, 1.807) is 6.92 Å². The SMILES string of the molecule is CC(=O)O.CCCCCCC[C@@H]1CCc2c(C)c(OC(C)C(=O)O)c(C)c(C)c2O1. The summed E-state index contributed by atoms with van der Waals surface area (Å²) in [7, 11) is 0. The fraction of sp³-hybridized carbons (Fsp3) is 0.667. The topological polar surface area (TPSA) is 93.1 Å². The van der Waals surface area contributed by atoms with Crippen molar-refractivity contribution < 1.29 is 29.3 Å². The minimum atomic E-state index is -0.946. The molecule has 0 bridgehead atoms. The van der Waals surface area contributed by atoms with Gasteiger partial charge in [-0.2, -0.15) is 0 Å². The second-order valence-electron chi connectivity index (χ2n) is 8.11. The molecule has 2 rings (SSSR count). The summed E-state index contributed by atoms with van der Waals surface area (Å²) >= 11 is 0. The van der Waals surface area contributed by atoms with Crippen molar-refractivity contribution in [3.05, 3.63) is 22.3 Å². The third-order valence-electron chi connectivity index (χ3n) is 5.58. The van der Waals surface area contributed by atoms with Crippen LogP contribution < -0.4 is 9.47 Å². The average Bonchev–Trinajstić information content (AvgIpc) is 2.68. The number of benzene rings is 1. The van der Waals surface area contributed by atoms with Crippen molar-refractivity contribution in [3.8, 4) is 11.5 Å². The van der Waals surface area contributed by atoms with Crippen LogP contribution in [0.5, 0.6) is 11.5 Å². The van der Waals surface area contributed by atoms with E-state index in [1.165, 1.54) is 37.7 Å². The molecule has 0 saturated heterocycles. The molecule has 1 heterocycles. The van der Waals surface area contributed by atoms with Gasteiger partial charge in [-0.1, -0.05) is 32.6 Å². The molecular formula is C24H38O6. The number of rotatable bonds is 9. The summed E-state index contributed by atoms with van der Waals surface area (Å²) in [5, 5.41) is 16.6. The Morgan fingerprint density at radius 3 is 2.23 bits per heavy atom. The van der Waals surface area contributed by atoms with Crippen molar-refractivity contribution in [2.24, 2.45) is 0 Å². The van der Waals surface area contributed by atoms with Crippen LogP contribution in [0.1, 0.15) is 88.0 Å². The number of carboxylic acids is 2. The summed E-state index contributed by atoms with van der Waals surface area (Å²) in [6.45, 7) is 11.0. The zero-order valence-corrected chi connectivity index (χ0v) is 19.3. The van der Waals surface area contributed by atoms with E-state index < -0.39 is 18.0 Å². The van der Waals surface area contributed by atoms with Gasteiger partial charge in [0.2, 0.25) is 0 Å². The van der Waals surface area contributed by atoms with Gasteiger partial charge in [0.1, 0.15) is 11.5 Å². The number of carbonyl (C=O) groups is 2. The van der Waals surface area contributed by atoms with Gasteiger partial charge in [0.25, 0.3) is 5.97 Å². The van der Waals surface area contributed by atoms with Crippen LogP contribution in [0.15, 0.2) is 0 Å². The standard InChI is InChI=1S/C22H34O4.C2H4O2/c1-6-7-8-9-10-11-18-12-13-19-16(4)20(25-17(5)22(23)24)14(2)15(3)21(19)26-18;1-2(3)4/h17-18H,6-13H2,1-5H3,(H,23,24);1H3,(H,3,4)/t17?,18-;/m1./s1. The predicted octanol–water partition coefficient (Wildman–Crippen LogP) is 5.61. The lowest BCUT2D eigenvalue weighted by Gasteiger charge is -2.31. The molecule has 1 aliphatic heterocycles. The minimum Gasteiger partial charge on any atom is -0.490 e. The van der Waals surface area contributed by atoms with E-state index in [-0.39, 0.29) is 0 Å². The zero-order chi connectivity index (χ0) is 22.8. The first kappa shape index (κ1) is 25.8. The van der Waals surface area contributed by atoms with Gasteiger partial charge in [-0.3, -0.25) is 4.79 Å². The van der Waals surface area contributed by atoms with Crippen LogP contribution in [-0.4, -0.2) is 34.4 Å². The first-order valence-electron chi connectivity index (χ1n) is 11.0. The van der Waals surface area contributed by atoms with E-state index in [2.05, 4.69) is 13.8 Å². The highest BCUT2D eigenvalue weighted by Crippen LogP contribution is 2.42. The summed E-state index contributed by atoms with van der Waals surface area (Å²) in [5.41, 5.74) is 4.27.